The van der Waals surface area contributed by atoms with Crippen LogP contribution in [0.15, 0.2) is 0 Å². The second-order valence-corrected chi connectivity index (χ2v) is 4.23. The van der Waals surface area contributed by atoms with Crippen molar-refractivity contribution in [3.63, 3.8) is 0 Å². The molecule has 14 heavy (non-hydrogen) atoms. The first-order valence-electron chi connectivity index (χ1n) is 5.71. The molecule has 0 aromatic heterocycles. The van der Waals surface area contributed by atoms with Gasteiger partial charge in [0, 0.05) is 19.5 Å². The van der Waals surface area contributed by atoms with E-state index in [9.17, 15) is 4.79 Å². The average molecular weight is 198 g/mol. The third kappa shape index (κ3) is 4.09. The maximum absolute atomic E-state index is 11.2. The van der Waals surface area contributed by atoms with Crippen molar-refractivity contribution in [2.75, 3.05) is 26.2 Å². The van der Waals surface area contributed by atoms with E-state index >= 15 is 0 Å². The molecule has 0 radical (unpaired) electrons. The Morgan fingerprint density at radius 2 is 2.07 bits per heavy atom. The molecule has 0 spiro atoms. The maximum Gasteiger partial charge on any atom is 0.221 e. The normalized spacial score (nSPS) is 19.6. The highest BCUT2D eigenvalue weighted by molar-refractivity contribution is 5.75. The Kier molecular flexibility index (Phi) is 4.94. The van der Waals surface area contributed by atoms with Crippen LogP contribution in [0.5, 0.6) is 0 Å². The Balaban J connectivity index is 2.09. The van der Waals surface area contributed by atoms with Crippen molar-refractivity contribution in [1.82, 2.24) is 10.2 Å². The Morgan fingerprint density at radius 3 is 2.64 bits per heavy atom. The minimum absolute atomic E-state index is 0.186. The number of piperidine rings is 1. The fraction of sp³-hybridized carbons (Fsp3) is 0.909. The summed E-state index contributed by atoms with van der Waals surface area (Å²) >= 11 is 0. The smallest absolute Gasteiger partial charge is 0.221 e. The van der Waals surface area contributed by atoms with Gasteiger partial charge in [-0.05, 0) is 38.8 Å². The predicted molar refractivity (Wildman–Crippen MR) is 58.1 cm³/mol. The highest BCUT2D eigenvalue weighted by Gasteiger charge is 2.15. The molecule has 1 fully saturated rings. The lowest BCUT2D eigenvalue weighted by atomic mass is 9.99. The number of likely N-dealkylation sites (tertiary alicyclic amines) is 1. The van der Waals surface area contributed by atoms with E-state index in [1.165, 1.54) is 25.9 Å². The van der Waals surface area contributed by atoms with Crippen LogP contribution in [0.4, 0.5) is 0 Å². The minimum Gasteiger partial charge on any atom is -0.356 e. The molecule has 3 nitrogen and oxygen atoms in total. The van der Waals surface area contributed by atoms with Crippen LogP contribution in [0.2, 0.25) is 0 Å². The average Bonchev–Trinajstić information content (AvgIpc) is 2.17. The Morgan fingerprint density at radius 1 is 1.43 bits per heavy atom. The molecular weight excluding hydrogens is 176 g/mol. The van der Waals surface area contributed by atoms with Gasteiger partial charge in [-0.3, -0.25) is 4.79 Å². The molecule has 0 saturated carbocycles. The zero-order chi connectivity index (χ0) is 10.4. The molecule has 0 unspecified atom stereocenters. The van der Waals surface area contributed by atoms with E-state index in [0.29, 0.717) is 6.42 Å². The maximum atomic E-state index is 11.2. The molecule has 3 heteroatoms. The molecule has 0 bridgehead atoms. The van der Waals surface area contributed by atoms with Crippen LogP contribution < -0.4 is 5.32 Å². The van der Waals surface area contributed by atoms with Crippen LogP contribution in [-0.2, 0) is 4.79 Å². The fourth-order valence-electron chi connectivity index (χ4n) is 1.83. The molecule has 1 rings (SSSR count). The third-order valence-electron chi connectivity index (χ3n) is 2.91. The number of nitrogens with zero attached hydrogens (tertiary/aromatic N) is 1. The third-order valence-corrected chi connectivity index (χ3v) is 2.91. The largest absolute Gasteiger partial charge is 0.356 e. The number of hydrogen-bond acceptors (Lipinski definition) is 2. The molecule has 1 amide bonds. The standard InChI is InChI=1S/C11H22N2O/c1-3-12-11(14)6-9-13-7-4-10(2)5-8-13/h10H,3-9H2,1-2H3,(H,12,14). The molecule has 1 aliphatic heterocycles. The lowest BCUT2D eigenvalue weighted by Crippen LogP contribution is -2.36. The number of rotatable bonds is 4. The summed E-state index contributed by atoms with van der Waals surface area (Å²) in [6, 6.07) is 0. The van der Waals surface area contributed by atoms with Gasteiger partial charge in [0.25, 0.3) is 0 Å². The van der Waals surface area contributed by atoms with Crippen LogP contribution in [0.3, 0.4) is 0 Å². The molecule has 1 aliphatic rings. The summed E-state index contributed by atoms with van der Waals surface area (Å²) < 4.78 is 0. The van der Waals surface area contributed by atoms with E-state index in [2.05, 4.69) is 17.1 Å². The minimum atomic E-state index is 0.186. The van der Waals surface area contributed by atoms with Gasteiger partial charge in [0.15, 0.2) is 0 Å². The van der Waals surface area contributed by atoms with Crippen LogP contribution in [0, 0.1) is 5.92 Å². The summed E-state index contributed by atoms with van der Waals surface area (Å²) in [6.07, 6.45) is 3.23. The first kappa shape index (κ1) is 11.5. The lowest BCUT2D eigenvalue weighted by Gasteiger charge is -2.29. The van der Waals surface area contributed by atoms with Gasteiger partial charge in [0.1, 0.15) is 0 Å². The van der Waals surface area contributed by atoms with Gasteiger partial charge in [-0.2, -0.15) is 0 Å². The second kappa shape index (κ2) is 6.02. The van der Waals surface area contributed by atoms with Crippen LogP contribution in [-0.4, -0.2) is 37.0 Å². The van der Waals surface area contributed by atoms with Crippen molar-refractivity contribution >= 4 is 5.91 Å². The van der Waals surface area contributed by atoms with Crippen molar-refractivity contribution in [2.45, 2.75) is 33.1 Å². The molecule has 1 saturated heterocycles. The van der Waals surface area contributed by atoms with Gasteiger partial charge >= 0.3 is 0 Å². The van der Waals surface area contributed by atoms with Gasteiger partial charge in [-0.1, -0.05) is 6.92 Å². The van der Waals surface area contributed by atoms with Crippen molar-refractivity contribution < 1.29 is 4.79 Å². The van der Waals surface area contributed by atoms with Crippen LogP contribution in [0.1, 0.15) is 33.1 Å². The molecule has 0 atom stereocenters. The molecular formula is C11H22N2O. The van der Waals surface area contributed by atoms with Gasteiger partial charge in [0.2, 0.25) is 5.91 Å². The van der Waals surface area contributed by atoms with E-state index < -0.39 is 0 Å². The predicted octanol–water partition coefficient (Wildman–Crippen LogP) is 1.24. The first-order valence-corrected chi connectivity index (χ1v) is 5.71. The molecule has 0 aliphatic carbocycles. The summed E-state index contributed by atoms with van der Waals surface area (Å²) in [5.74, 6) is 1.06. The Bertz CT molecular complexity index is 174. The van der Waals surface area contributed by atoms with Gasteiger partial charge in [-0.25, -0.2) is 0 Å². The summed E-state index contributed by atoms with van der Waals surface area (Å²) in [7, 11) is 0. The topological polar surface area (TPSA) is 32.3 Å². The van der Waals surface area contributed by atoms with Crippen molar-refractivity contribution in [1.29, 1.82) is 0 Å². The van der Waals surface area contributed by atoms with Gasteiger partial charge in [0.05, 0.1) is 0 Å². The first-order chi connectivity index (χ1) is 6.72. The second-order valence-electron chi connectivity index (χ2n) is 4.23. The summed E-state index contributed by atoms with van der Waals surface area (Å²) in [5, 5.41) is 2.83. The number of amides is 1. The number of carbonyl (C=O) groups is 1. The van der Waals surface area contributed by atoms with E-state index in [-0.39, 0.29) is 5.91 Å². The molecule has 0 aromatic carbocycles. The summed E-state index contributed by atoms with van der Waals surface area (Å²) in [5.41, 5.74) is 0. The Labute approximate surface area is 86.9 Å². The summed E-state index contributed by atoms with van der Waals surface area (Å²) in [6.45, 7) is 8.27. The molecule has 0 aromatic rings. The van der Waals surface area contributed by atoms with Crippen LogP contribution in [0.25, 0.3) is 0 Å². The highest BCUT2D eigenvalue weighted by atomic mass is 16.1. The number of hydrogen-bond donors (Lipinski definition) is 1. The fourth-order valence-corrected chi connectivity index (χ4v) is 1.83. The molecule has 1 heterocycles. The zero-order valence-electron chi connectivity index (χ0n) is 9.38. The van der Waals surface area contributed by atoms with E-state index in [1.807, 2.05) is 6.92 Å². The van der Waals surface area contributed by atoms with Crippen molar-refractivity contribution in [3.8, 4) is 0 Å². The number of nitrogens with one attached hydrogen (secondary N) is 1. The van der Waals surface area contributed by atoms with E-state index in [0.717, 1.165) is 19.0 Å². The van der Waals surface area contributed by atoms with Gasteiger partial charge < -0.3 is 10.2 Å². The summed E-state index contributed by atoms with van der Waals surface area (Å²) in [4.78, 5) is 13.6. The monoisotopic (exact) mass is 198 g/mol. The lowest BCUT2D eigenvalue weighted by molar-refractivity contribution is -0.121. The van der Waals surface area contributed by atoms with Crippen molar-refractivity contribution in [2.24, 2.45) is 5.92 Å². The zero-order valence-corrected chi connectivity index (χ0v) is 9.38. The quantitative estimate of drug-likeness (QED) is 0.737. The van der Waals surface area contributed by atoms with Crippen LogP contribution >= 0.6 is 0 Å². The molecule has 82 valence electrons. The molecule has 1 N–H and O–H groups in total. The van der Waals surface area contributed by atoms with E-state index in [4.69, 9.17) is 0 Å². The Hall–Kier alpha value is -0.570. The van der Waals surface area contributed by atoms with E-state index in [1.54, 1.807) is 0 Å². The SMILES string of the molecule is CCNC(=O)CCN1CCC(C)CC1. The van der Waals surface area contributed by atoms with Crippen molar-refractivity contribution in [3.05, 3.63) is 0 Å². The highest BCUT2D eigenvalue weighted by Crippen LogP contribution is 2.15. The number of carbonyl (C=O) groups excluding carboxylic acids is 1. The van der Waals surface area contributed by atoms with Gasteiger partial charge in [-0.15, -0.1) is 0 Å².